The van der Waals surface area contributed by atoms with Crippen LogP contribution in [0, 0.1) is 18.7 Å². The Morgan fingerprint density at radius 1 is 1.43 bits per heavy atom. The minimum atomic E-state index is -0.250. The number of hydrogen-bond acceptors (Lipinski definition) is 3. The SMILES string of the molecule is COC1(C(Cc2cc(F)ccc2C)NN)CCC(C)CC1. The van der Waals surface area contributed by atoms with Crippen molar-refractivity contribution >= 4 is 0 Å². The van der Waals surface area contributed by atoms with Gasteiger partial charge in [0.15, 0.2) is 0 Å². The minimum absolute atomic E-state index is 0.00417. The molecule has 118 valence electrons. The molecular weight excluding hydrogens is 267 g/mol. The van der Waals surface area contributed by atoms with Crippen LogP contribution in [0.25, 0.3) is 0 Å². The van der Waals surface area contributed by atoms with Crippen LogP contribution in [0.15, 0.2) is 18.2 Å². The summed E-state index contributed by atoms with van der Waals surface area (Å²) in [4.78, 5) is 0. The molecule has 3 nitrogen and oxygen atoms in total. The molecule has 1 saturated carbocycles. The Kier molecular flexibility index (Phi) is 5.36. The highest BCUT2D eigenvalue weighted by molar-refractivity contribution is 5.28. The number of hydrazine groups is 1. The average molecular weight is 294 g/mol. The highest BCUT2D eigenvalue weighted by Gasteiger charge is 2.41. The van der Waals surface area contributed by atoms with E-state index in [9.17, 15) is 4.39 Å². The van der Waals surface area contributed by atoms with E-state index in [2.05, 4.69) is 12.3 Å². The van der Waals surface area contributed by atoms with Gasteiger partial charge in [0.25, 0.3) is 0 Å². The van der Waals surface area contributed by atoms with Gasteiger partial charge in [0, 0.05) is 7.11 Å². The number of benzene rings is 1. The molecule has 4 heteroatoms. The number of methoxy groups -OCH3 is 1. The van der Waals surface area contributed by atoms with Gasteiger partial charge in [0.2, 0.25) is 0 Å². The number of nitrogens with two attached hydrogens (primary N) is 1. The Morgan fingerprint density at radius 2 is 2.10 bits per heavy atom. The van der Waals surface area contributed by atoms with E-state index >= 15 is 0 Å². The van der Waals surface area contributed by atoms with E-state index in [-0.39, 0.29) is 17.5 Å². The van der Waals surface area contributed by atoms with E-state index in [1.54, 1.807) is 13.2 Å². The Bertz CT molecular complexity index is 470. The van der Waals surface area contributed by atoms with Crippen molar-refractivity contribution in [2.24, 2.45) is 11.8 Å². The molecule has 0 bridgehead atoms. The first-order valence-corrected chi connectivity index (χ1v) is 7.77. The number of nitrogens with one attached hydrogen (secondary N) is 1. The lowest BCUT2D eigenvalue weighted by Gasteiger charge is -2.44. The van der Waals surface area contributed by atoms with Gasteiger partial charge >= 0.3 is 0 Å². The minimum Gasteiger partial charge on any atom is -0.377 e. The first-order valence-electron chi connectivity index (χ1n) is 7.77. The summed E-state index contributed by atoms with van der Waals surface area (Å²) in [5, 5.41) is 0. The summed E-state index contributed by atoms with van der Waals surface area (Å²) < 4.78 is 19.4. The fourth-order valence-corrected chi connectivity index (χ4v) is 3.42. The molecule has 0 spiro atoms. The maximum atomic E-state index is 13.5. The van der Waals surface area contributed by atoms with Crippen LogP contribution in [0.3, 0.4) is 0 Å². The van der Waals surface area contributed by atoms with Crippen LogP contribution in [-0.4, -0.2) is 18.8 Å². The molecule has 21 heavy (non-hydrogen) atoms. The number of ether oxygens (including phenoxy) is 1. The number of aryl methyl sites for hydroxylation is 1. The predicted octanol–water partition coefficient (Wildman–Crippen LogP) is 3.10. The van der Waals surface area contributed by atoms with Gasteiger partial charge in [-0.3, -0.25) is 11.3 Å². The summed E-state index contributed by atoms with van der Waals surface area (Å²) >= 11 is 0. The third-order valence-corrected chi connectivity index (χ3v) is 5.10. The van der Waals surface area contributed by atoms with Gasteiger partial charge in [-0.2, -0.15) is 0 Å². The van der Waals surface area contributed by atoms with Crippen LogP contribution in [0.4, 0.5) is 4.39 Å². The van der Waals surface area contributed by atoms with Crippen molar-refractivity contribution in [3.8, 4) is 0 Å². The molecule has 0 heterocycles. The van der Waals surface area contributed by atoms with Crippen molar-refractivity contribution < 1.29 is 9.13 Å². The first kappa shape index (κ1) is 16.4. The third kappa shape index (κ3) is 3.62. The van der Waals surface area contributed by atoms with Crippen molar-refractivity contribution in [3.63, 3.8) is 0 Å². The molecule has 1 aromatic carbocycles. The van der Waals surface area contributed by atoms with E-state index in [1.165, 1.54) is 6.07 Å². The molecule has 3 N–H and O–H groups in total. The lowest BCUT2D eigenvalue weighted by molar-refractivity contribution is -0.0747. The summed E-state index contributed by atoms with van der Waals surface area (Å²) in [5.74, 6) is 6.35. The molecule has 1 fully saturated rings. The Labute approximate surface area is 127 Å². The Hall–Kier alpha value is -0.970. The second-order valence-corrected chi connectivity index (χ2v) is 6.45. The highest BCUT2D eigenvalue weighted by Crippen LogP contribution is 2.37. The quantitative estimate of drug-likeness (QED) is 0.648. The Balaban J connectivity index is 2.19. The van der Waals surface area contributed by atoms with E-state index in [1.807, 2.05) is 13.0 Å². The molecule has 1 unspecified atom stereocenters. The molecular formula is C17H27FN2O. The molecule has 0 amide bonds. The number of halogens is 1. The van der Waals surface area contributed by atoms with Gasteiger partial charge in [-0.25, -0.2) is 4.39 Å². The van der Waals surface area contributed by atoms with Crippen molar-refractivity contribution in [2.75, 3.05) is 7.11 Å². The monoisotopic (exact) mass is 294 g/mol. The third-order valence-electron chi connectivity index (χ3n) is 5.10. The number of hydrogen-bond donors (Lipinski definition) is 2. The van der Waals surface area contributed by atoms with Gasteiger partial charge in [-0.1, -0.05) is 13.0 Å². The molecule has 0 saturated heterocycles. The average Bonchev–Trinajstić information content (AvgIpc) is 2.49. The van der Waals surface area contributed by atoms with Gasteiger partial charge in [-0.05, 0) is 68.2 Å². The van der Waals surface area contributed by atoms with Crippen LogP contribution in [0.5, 0.6) is 0 Å². The summed E-state index contributed by atoms with van der Waals surface area (Å²) in [5.41, 5.74) is 4.76. The second kappa shape index (κ2) is 6.86. The van der Waals surface area contributed by atoms with Gasteiger partial charge in [0.05, 0.1) is 11.6 Å². The van der Waals surface area contributed by atoms with Crippen LogP contribution < -0.4 is 11.3 Å². The van der Waals surface area contributed by atoms with Crippen molar-refractivity contribution in [1.82, 2.24) is 5.43 Å². The normalized spacial score (nSPS) is 27.6. The summed E-state index contributed by atoms with van der Waals surface area (Å²) in [6, 6.07) is 4.92. The smallest absolute Gasteiger partial charge is 0.123 e. The summed E-state index contributed by atoms with van der Waals surface area (Å²) in [7, 11) is 1.76. The van der Waals surface area contributed by atoms with E-state index in [4.69, 9.17) is 10.6 Å². The van der Waals surface area contributed by atoms with Crippen LogP contribution in [0.1, 0.15) is 43.7 Å². The molecule has 2 rings (SSSR count). The summed E-state index contributed by atoms with van der Waals surface area (Å²) in [6.07, 6.45) is 4.96. The fourth-order valence-electron chi connectivity index (χ4n) is 3.42. The van der Waals surface area contributed by atoms with Crippen LogP contribution >= 0.6 is 0 Å². The first-order chi connectivity index (χ1) is 10.0. The maximum absolute atomic E-state index is 13.5. The van der Waals surface area contributed by atoms with Crippen molar-refractivity contribution in [3.05, 3.63) is 35.1 Å². The predicted molar refractivity (Wildman–Crippen MR) is 83.3 cm³/mol. The zero-order valence-electron chi connectivity index (χ0n) is 13.3. The largest absolute Gasteiger partial charge is 0.377 e. The molecule has 1 aliphatic carbocycles. The highest BCUT2D eigenvalue weighted by atomic mass is 19.1. The molecule has 1 aromatic rings. The number of rotatable bonds is 5. The van der Waals surface area contributed by atoms with Crippen molar-refractivity contribution in [2.45, 2.75) is 57.6 Å². The van der Waals surface area contributed by atoms with Gasteiger partial charge < -0.3 is 4.74 Å². The molecule has 0 radical (unpaired) electrons. The van der Waals surface area contributed by atoms with E-state index in [0.29, 0.717) is 6.42 Å². The zero-order chi connectivity index (χ0) is 15.5. The van der Waals surface area contributed by atoms with Crippen LogP contribution in [-0.2, 0) is 11.2 Å². The lowest BCUT2D eigenvalue weighted by Crippen LogP contribution is -2.57. The summed E-state index contributed by atoms with van der Waals surface area (Å²) in [6.45, 7) is 4.28. The fraction of sp³-hybridized carbons (Fsp3) is 0.647. The zero-order valence-corrected chi connectivity index (χ0v) is 13.3. The van der Waals surface area contributed by atoms with E-state index in [0.717, 1.165) is 42.7 Å². The maximum Gasteiger partial charge on any atom is 0.123 e. The molecule has 0 aromatic heterocycles. The molecule has 1 aliphatic rings. The topological polar surface area (TPSA) is 47.3 Å². The standard InChI is InChI=1S/C17H27FN2O/c1-12-6-8-17(21-3,9-7-12)16(20-19)11-14-10-15(18)5-4-13(14)2/h4-5,10,12,16,20H,6-9,11,19H2,1-3H3. The lowest BCUT2D eigenvalue weighted by atomic mass is 9.73. The molecule has 1 atom stereocenters. The molecule has 0 aliphatic heterocycles. The second-order valence-electron chi connectivity index (χ2n) is 6.45. The Morgan fingerprint density at radius 3 is 2.67 bits per heavy atom. The van der Waals surface area contributed by atoms with Crippen LogP contribution in [0.2, 0.25) is 0 Å². The van der Waals surface area contributed by atoms with Gasteiger partial charge in [0.1, 0.15) is 5.82 Å². The van der Waals surface area contributed by atoms with Crippen molar-refractivity contribution in [1.29, 1.82) is 0 Å². The van der Waals surface area contributed by atoms with E-state index < -0.39 is 0 Å². The van der Waals surface area contributed by atoms with Gasteiger partial charge in [-0.15, -0.1) is 0 Å².